The Balaban J connectivity index is 4.22. The first-order valence-electron chi connectivity index (χ1n) is 6.87. The van der Waals surface area contributed by atoms with Gasteiger partial charge in [-0.05, 0) is 20.8 Å². The third kappa shape index (κ3) is 9.84. The molecule has 19 heavy (non-hydrogen) atoms. The van der Waals surface area contributed by atoms with E-state index >= 15 is 0 Å². The van der Waals surface area contributed by atoms with Gasteiger partial charge < -0.3 is 19.3 Å². The van der Waals surface area contributed by atoms with Crippen LogP contribution in [0.2, 0.25) is 0 Å². The maximum Gasteiger partial charge on any atom is 0.334 e. The van der Waals surface area contributed by atoms with Crippen molar-refractivity contribution in [1.29, 1.82) is 0 Å². The van der Waals surface area contributed by atoms with Crippen LogP contribution >= 0.6 is 0 Å². The number of ether oxygens (including phenoxy) is 3. The summed E-state index contributed by atoms with van der Waals surface area (Å²) in [5, 5.41) is 9.08. The van der Waals surface area contributed by atoms with E-state index in [-0.39, 0.29) is 0 Å². The average Bonchev–Trinajstić information content (AvgIpc) is 2.38. The summed E-state index contributed by atoms with van der Waals surface area (Å²) in [7, 11) is 0. The monoisotopic (exact) mass is 277 g/mol. The van der Waals surface area contributed by atoms with Crippen molar-refractivity contribution in [3.63, 3.8) is 0 Å². The van der Waals surface area contributed by atoms with Gasteiger partial charge in [-0.2, -0.15) is 0 Å². The van der Waals surface area contributed by atoms with Crippen LogP contribution in [-0.4, -0.2) is 74.7 Å². The fourth-order valence-corrected chi connectivity index (χ4v) is 1.61. The Morgan fingerprint density at radius 2 is 1.58 bits per heavy atom. The van der Waals surface area contributed by atoms with Gasteiger partial charge in [-0.15, -0.1) is 0 Å². The topological polar surface area (TPSA) is 68.2 Å². The molecule has 0 fully saturated rings. The number of hydrogen-bond acceptors (Lipinski definition) is 5. The Bertz CT molecular complexity index is 215. The molecule has 0 aliphatic heterocycles. The van der Waals surface area contributed by atoms with E-state index in [0.29, 0.717) is 52.7 Å². The summed E-state index contributed by atoms with van der Waals surface area (Å²) in [6.07, 6.45) is -0.798. The molecule has 0 amide bonds. The highest BCUT2D eigenvalue weighted by Crippen LogP contribution is 1.99. The second-order valence-electron chi connectivity index (χ2n) is 3.98. The van der Waals surface area contributed by atoms with Crippen molar-refractivity contribution >= 4 is 5.97 Å². The zero-order valence-electron chi connectivity index (χ0n) is 12.3. The molecule has 0 saturated carbocycles. The van der Waals surface area contributed by atoms with Gasteiger partial charge in [-0.1, -0.05) is 0 Å². The van der Waals surface area contributed by atoms with E-state index in [9.17, 15) is 4.79 Å². The number of rotatable bonds is 13. The van der Waals surface area contributed by atoms with Crippen LogP contribution < -0.4 is 0 Å². The summed E-state index contributed by atoms with van der Waals surface area (Å²) in [6, 6.07) is 0. The van der Waals surface area contributed by atoms with Crippen LogP contribution in [0.1, 0.15) is 20.8 Å². The minimum absolute atomic E-state index is 0.351. The maximum absolute atomic E-state index is 11.1. The standard InChI is InChI=1S/C13H27NO5/c1-4-17-9-7-14(8-10-18-5-2)11-12(13(15)16)19-6-3/h12H,4-11H2,1-3H3,(H,15,16). The Morgan fingerprint density at radius 3 is 1.95 bits per heavy atom. The highest BCUT2D eigenvalue weighted by molar-refractivity contribution is 5.72. The summed E-state index contributed by atoms with van der Waals surface area (Å²) in [6.45, 7) is 10.2. The number of carboxylic acid groups (broad SMARTS) is 1. The van der Waals surface area contributed by atoms with Crippen molar-refractivity contribution in [2.45, 2.75) is 26.9 Å². The molecule has 0 radical (unpaired) electrons. The van der Waals surface area contributed by atoms with Crippen LogP contribution in [0.25, 0.3) is 0 Å². The molecule has 0 spiro atoms. The molecule has 0 aliphatic carbocycles. The molecule has 1 atom stereocenters. The van der Waals surface area contributed by atoms with Gasteiger partial charge in [-0.3, -0.25) is 4.90 Å². The predicted molar refractivity (Wildman–Crippen MR) is 72.5 cm³/mol. The normalized spacial score (nSPS) is 12.8. The third-order valence-electron chi connectivity index (χ3n) is 2.58. The van der Waals surface area contributed by atoms with Crippen molar-refractivity contribution in [2.75, 3.05) is 52.7 Å². The molecule has 0 aromatic carbocycles. The van der Waals surface area contributed by atoms with Crippen LogP contribution in [0.15, 0.2) is 0 Å². The minimum atomic E-state index is -0.931. The number of carboxylic acids is 1. The molecule has 0 heterocycles. The summed E-state index contributed by atoms with van der Waals surface area (Å²) in [5.41, 5.74) is 0. The van der Waals surface area contributed by atoms with E-state index < -0.39 is 12.1 Å². The molecular weight excluding hydrogens is 250 g/mol. The Hall–Kier alpha value is -0.690. The summed E-state index contributed by atoms with van der Waals surface area (Å²) < 4.78 is 15.8. The van der Waals surface area contributed by atoms with Crippen molar-refractivity contribution < 1.29 is 24.1 Å². The predicted octanol–water partition coefficient (Wildman–Crippen LogP) is 0.851. The summed E-state index contributed by atoms with van der Waals surface area (Å²) in [4.78, 5) is 13.1. The molecule has 6 heteroatoms. The summed E-state index contributed by atoms with van der Waals surface area (Å²) in [5.74, 6) is -0.931. The fourth-order valence-electron chi connectivity index (χ4n) is 1.61. The number of hydrogen-bond donors (Lipinski definition) is 1. The zero-order valence-corrected chi connectivity index (χ0v) is 12.3. The first kappa shape index (κ1) is 18.3. The smallest absolute Gasteiger partial charge is 0.334 e. The van der Waals surface area contributed by atoms with E-state index in [0.717, 1.165) is 0 Å². The van der Waals surface area contributed by atoms with Gasteiger partial charge in [0.15, 0.2) is 6.10 Å². The van der Waals surface area contributed by atoms with Crippen LogP contribution in [-0.2, 0) is 19.0 Å². The van der Waals surface area contributed by atoms with Gasteiger partial charge in [0.2, 0.25) is 0 Å². The summed E-state index contributed by atoms with van der Waals surface area (Å²) >= 11 is 0. The number of nitrogens with zero attached hydrogens (tertiary/aromatic N) is 1. The zero-order chi connectivity index (χ0) is 14.5. The molecule has 0 aromatic heterocycles. The van der Waals surface area contributed by atoms with Crippen LogP contribution in [0, 0.1) is 0 Å². The van der Waals surface area contributed by atoms with Crippen LogP contribution in [0.3, 0.4) is 0 Å². The lowest BCUT2D eigenvalue weighted by atomic mass is 10.3. The van der Waals surface area contributed by atoms with Gasteiger partial charge in [0.25, 0.3) is 0 Å². The molecule has 1 N–H and O–H groups in total. The lowest BCUT2D eigenvalue weighted by Crippen LogP contribution is -2.41. The lowest BCUT2D eigenvalue weighted by Gasteiger charge is -2.25. The molecule has 114 valence electrons. The fraction of sp³-hybridized carbons (Fsp3) is 0.923. The molecule has 0 saturated heterocycles. The maximum atomic E-state index is 11.1. The third-order valence-corrected chi connectivity index (χ3v) is 2.58. The molecule has 0 aliphatic rings. The SMILES string of the molecule is CCOCCN(CCOCC)CC(OCC)C(=O)O. The number of aliphatic carboxylic acids is 1. The lowest BCUT2D eigenvalue weighted by molar-refractivity contribution is -0.151. The first-order chi connectivity index (χ1) is 9.15. The van der Waals surface area contributed by atoms with Crippen molar-refractivity contribution in [3.05, 3.63) is 0 Å². The largest absolute Gasteiger partial charge is 0.479 e. The van der Waals surface area contributed by atoms with Gasteiger partial charge in [0.1, 0.15) is 0 Å². The van der Waals surface area contributed by atoms with Gasteiger partial charge in [0.05, 0.1) is 13.2 Å². The molecule has 0 bridgehead atoms. The van der Waals surface area contributed by atoms with Gasteiger partial charge in [-0.25, -0.2) is 4.79 Å². The van der Waals surface area contributed by atoms with E-state index in [4.69, 9.17) is 19.3 Å². The van der Waals surface area contributed by atoms with Gasteiger partial charge >= 0.3 is 5.97 Å². The van der Waals surface area contributed by atoms with Crippen molar-refractivity contribution in [2.24, 2.45) is 0 Å². The quantitative estimate of drug-likeness (QED) is 0.503. The van der Waals surface area contributed by atoms with Crippen LogP contribution in [0.5, 0.6) is 0 Å². The average molecular weight is 277 g/mol. The molecule has 0 aromatic rings. The van der Waals surface area contributed by atoms with E-state index in [1.54, 1.807) is 6.92 Å². The second kappa shape index (κ2) is 12.3. The Kier molecular flexibility index (Phi) is 11.9. The van der Waals surface area contributed by atoms with Crippen LogP contribution in [0.4, 0.5) is 0 Å². The Morgan fingerprint density at radius 1 is 1.05 bits per heavy atom. The second-order valence-corrected chi connectivity index (χ2v) is 3.98. The highest BCUT2D eigenvalue weighted by Gasteiger charge is 2.21. The van der Waals surface area contributed by atoms with E-state index in [1.807, 2.05) is 18.7 Å². The van der Waals surface area contributed by atoms with E-state index in [1.165, 1.54) is 0 Å². The molecular formula is C13H27NO5. The molecule has 0 rings (SSSR count). The van der Waals surface area contributed by atoms with Crippen molar-refractivity contribution in [1.82, 2.24) is 4.90 Å². The first-order valence-corrected chi connectivity index (χ1v) is 6.87. The Labute approximate surface area is 115 Å². The van der Waals surface area contributed by atoms with Gasteiger partial charge in [0, 0.05) is 39.5 Å². The number of carbonyl (C=O) groups is 1. The minimum Gasteiger partial charge on any atom is -0.479 e. The van der Waals surface area contributed by atoms with E-state index in [2.05, 4.69) is 0 Å². The molecule has 6 nitrogen and oxygen atoms in total. The highest BCUT2D eigenvalue weighted by atomic mass is 16.5. The molecule has 1 unspecified atom stereocenters. The van der Waals surface area contributed by atoms with Crippen molar-refractivity contribution in [3.8, 4) is 0 Å².